The summed E-state index contributed by atoms with van der Waals surface area (Å²) in [4.78, 5) is 2.31. The van der Waals surface area contributed by atoms with Gasteiger partial charge in [-0.25, -0.2) is 0 Å². The van der Waals surface area contributed by atoms with Crippen molar-refractivity contribution in [3.8, 4) is 39.1 Å². The summed E-state index contributed by atoms with van der Waals surface area (Å²) < 4.78 is 2.47. The summed E-state index contributed by atoms with van der Waals surface area (Å²) in [6.45, 7) is 4.82. The van der Waals surface area contributed by atoms with Gasteiger partial charge in [-0.1, -0.05) is 172 Å². The maximum absolute atomic E-state index is 2.50. The van der Waals surface area contributed by atoms with E-state index in [0.29, 0.717) is 0 Å². The van der Waals surface area contributed by atoms with Gasteiger partial charge in [0, 0.05) is 38.9 Å². The number of anilines is 3. The molecule has 2 aliphatic carbocycles. The van der Waals surface area contributed by atoms with E-state index in [1.165, 1.54) is 105 Å². The van der Waals surface area contributed by atoms with Gasteiger partial charge in [0.2, 0.25) is 0 Å². The van der Waals surface area contributed by atoms with Crippen molar-refractivity contribution < 1.29 is 0 Å². The van der Waals surface area contributed by atoms with Crippen molar-refractivity contribution in [1.29, 1.82) is 0 Å². The third-order valence-electron chi connectivity index (χ3n) is 14.6. The minimum atomic E-state index is -0.214. The van der Waals surface area contributed by atoms with Crippen LogP contribution in [0.3, 0.4) is 0 Å². The average molecular weight is 857 g/mol. The zero-order valence-corrected chi connectivity index (χ0v) is 37.7. The molecule has 1 heterocycles. The molecular weight excluding hydrogens is 809 g/mol. The quantitative estimate of drug-likeness (QED) is 0.145. The van der Waals surface area contributed by atoms with Crippen molar-refractivity contribution in [2.24, 2.45) is 0 Å². The van der Waals surface area contributed by atoms with Gasteiger partial charge in [-0.3, -0.25) is 0 Å². The second kappa shape index (κ2) is 15.5. The fourth-order valence-electron chi connectivity index (χ4n) is 11.4. The lowest BCUT2D eigenvalue weighted by molar-refractivity contribution is 0.660. The Hall–Kier alpha value is -8.20. The predicted octanol–water partition coefficient (Wildman–Crippen LogP) is 17.9. The van der Waals surface area contributed by atoms with Gasteiger partial charge in [0.15, 0.2) is 0 Å². The molecule has 0 N–H and O–H groups in total. The van der Waals surface area contributed by atoms with Crippen LogP contribution in [0.4, 0.5) is 17.1 Å². The standard InChI is InChI=1S/C65H48N2/c1-65(2)59-41-46(64-56-27-14-12-25-54(56)63(44-18-6-3-7-19-44)55-26-13-15-28-57(55)64)32-37-51(59)52-38-36-50(42-60(52)65)67-61-29-17-16-24-53(61)58-40-45(33-39-62(58)67)43-30-34-49(35-31-43)66(47-20-8-4-9-21-47)48-22-10-5-11-23-48/h4-6,8-42H,3,7H2,1-2H3. The first-order valence-electron chi connectivity index (χ1n) is 23.7. The van der Waals surface area contributed by atoms with E-state index in [1.54, 1.807) is 0 Å². The SMILES string of the molecule is CC1(C)c2cc(-c3c4ccccc4c(C4=CCCC=C4)c4ccccc34)ccc2-c2ccc(-n3c4ccccc4c4cc(-c5ccc(N(c6ccccc6)c6ccccc6)cc5)ccc43)cc21. The Labute approximate surface area is 392 Å². The Bertz CT molecular complexity index is 3710. The van der Waals surface area contributed by atoms with Crippen LogP contribution in [0.1, 0.15) is 43.4 Å². The van der Waals surface area contributed by atoms with Gasteiger partial charge in [0.1, 0.15) is 0 Å². The number of rotatable bonds is 7. The van der Waals surface area contributed by atoms with Gasteiger partial charge in [-0.05, 0) is 163 Å². The second-order valence-corrected chi connectivity index (χ2v) is 18.7. The highest BCUT2D eigenvalue weighted by atomic mass is 15.1. The van der Waals surface area contributed by atoms with Crippen molar-refractivity contribution in [2.75, 3.05) is 4.90 Å². The molecule has 2 aliphatic rings. The molecule has 0 fully saturated rings. The van der Waals surface area contributed by atoms with Crippen LogP contribution < -0.4 is 4.90 Å². The smallest absolute Gasteiger partial charge is 0.0541 e. The van der Waals surface area contributed by atoms with Crippen LogP contribution in [-0.4, -0.2) is 4.57 Å². The van der Waals surface area contributed by atoms with Crippen molar-refractivity contribution in [2.45, 2.75) is 32.1 Å². The Morgan fingerprint density at radius 2 is 0.925 bits per heavy atom. The van der Waals surface area contributed by atoms with E-state index in [-0.39, 0.29) is 5.41 Å². The zero-order chi connectivity index (χ0) is 44.6. The molecule has 67 heavy (non-hydrogen) atoms. The van der Waals surface area contributed by atoms with Gasteiger partial charge in [-0.2, -0.15) is 0 Å². The molecule has 0 radical (unpaired) electrons. The lowest BCUT2D eigenvalue weighted by Crippen LogP contribution is -2.15. The van der Waals surface area contributed by atoms with Crippen molar-refractivity contribution in [3.05, 3.63) is 247 Å². The van der Waals surface area contributed by atoms with Crippen LogP contribution >= 0.6 is 0 Å². The maximum Gasteiger partial charge on any atom is 0.0541 e. The number of para-hydroxylation sites is 3. The maximum atomic E-state index is 2.50. The van der Waals surface area contributed by atoms with Crippen LogP contribution in [0.5, 0.6) is 0 Å². The number of fused-ring (bicyclic) bond motifs is 8. The molecule has 0 saturated heterocycles. The van der Waals surface area contributed by atoms with E-state index in [9.17, 15) is 0 Å². The second-order valence-electron chi connectivity index (χ2n) is 18.7. The van der Waals surface area contributed by atoms with Gasteiger partial charge in [0.05, 0.1) is 11.0 Å². The molecule has 11 aromatic rings. The zero-order valence-electron chi connectivity index (χ0n) is 37.7. The Morgan fingerprint density at radius 1 is 0.403 bits per heavy atom. The fourth-order valence-corrected chi connectivity index (χ4v) is 11.4. The first-order valence-corrected chi connectivity index (χ1v) is 23.7. The van der Waals surface area contributed by atoms with Crippen LogP contribution in [0.15, 0.2) is 231 Å². The topological polar surface area (TPSA) is 8.17 Å². The Kier molecular flexibility index (Phi) is 9.05. The van der Waals surface area contributed by atoms with Crippen molar-refractivity contribution >= 4 is 66.0 Å². The van der Waals surface area contributed by atoms with Crippen molar-refractivity contribution in [3.63, 3.8) is 0 Å². The Balaban J connectivity index is 0.886. The minimum absolute atomic E-state index is 0.214. The molecule has 10 aromatic carbocycles. The van der Waals surface area contributed by atoms with E-state index in [0.717, 1.165) is 29.9 Å². The molecule has 0 amide bonds. The predicted molar refractivity (Wildman–Crippen MR) is 285 cm³/mol. The van der Waals surface area contributed by atoms with Crippen LogP contribution in [0.25, 0.3) is 88.0 Å². The fraction of sp³-hybridized carbons (Fsp3) is 0.0769. The molecular formula is C65H48N2. The highest BCUT2D eigenvalue weighted by Gasteiger charge is 2.36. The number of nitrogens with zero attached hydrogens (tertiary/aromatic N) is 2. The molecule has 2 nitrogen and oxygen atoms in total. The van der Waals surface area contributed by atoms with E-state index >= 15 is 0 Å². The molecule has 13 rings (SSSR count). The molecule has 0 aliphatic heterocycles. The number of allylic oxidation sites excluding steroid dienone is 4. The summed E-state index contributed by atoms with van der Waals surface area (Å²) >= 11 is 0. The van der Waals surface area contributed by atoms with Gasteiger partial charge >= 0.3 is 0 Å². The first-order chi connectivity index (χ1) is 33.0. The summed E-state index contributed by atoms with van der Waals surface area (Å²) in [5.74, 6) is 0. The van der Waals surface area contributed by atoms with E-state index in [4.69, 9.17) is 0 Å². The third kappa shape index (κ3) is 6.24. The highest BCUT2D eigenvalue weighted by molar-refractivity contribution is 6.19. The highest BCUT2D eigenvalue weighted by Crippen LogP contribution is 2.52. The molecule has 0 atom stereocenters. The van der Waals surface area contributed by atoms with Gasteiger partial charge in [-0.15, -0.1) is 0 Å². The van der Waals surface area contributed by atoms with Crippen LogP contribution in [0.2, 0.25) is 0 Å². The number of hydrogen-bond acceptors (Lipinski definition) is 1. The van der Waals surface area contributed by atoms with E-state index in [2.05, 4.69) is 254 Å². The van der Waals surface area contributed by atoms with Crippen LogP contribution in [0, 0.1) is 0 Å². The van der Waals surface area contributed by atoms with Gasteiger partial charge in [0.25, 0.3) is 0 Å². The average Bonchev–Trinajstić information content (AvgIpc) is 3.83. The molecule has 2 heteroatoms. The molecule has 0 unspecified atom stereocenters. The van der Waals surface area contributed by atoms with Crippen molar-refractivity contribution in [1.82, 2.24) is 4.57 Å². The molecule has 318 valence electrons. The minimum Gasteiger partial charge on any atom is -0.311 e. The van der Waals surface area contributed by atoms with Crippen LogP contribution in [-0.2, 0) is 5.41 Å². The van der Waals surface area contributed by atoms with E-state index < -0.39 is 0 Å². The monoisotopic (exact) mass is 856 g/mol. The Morgan fingerprint density at radius 3 is 1.57 bits per heavy atom. The number of aromatic nitrogens is 1. The summed E-state index contributed by atoms with van der Waals surface area (Å²) in [6.07, 6.45) is 9.25. The largest absolute Gasteiger partial charge is 0.311 e. The third-order valence-corrected chi connectivity index (χ3v) is 14.6. The van der Waals surface area contributed by atoms with E-state index in [1.807, 2.05) is 0 Å². The summed E-state index contributed by atoms with van der Waals surface area (Å²) in [6, 6.07) is 78.5. The number of benzene rings is 10. The summed E-state index contributed by atoms with van der Waals surface area (Å²) in [5.41, 5.74) is 19.8. The lowest BCUT2D eigenvalue weighted by Gasteiger charge is -2.25. The number of hydrogen-bond donors (Lipinski definition) is 0. The normalized spacial score (nSPS) is 13.9. The first kappa shape index (κ1) is 39.2. The lowest BCUT2D eigenvalue weighted by atomic mass is 9.80. The summed E-state index contributed by atoms with van der Waals surface area (Å²) in [5, 5.41) is 7.73. The molecule has 0 spiro atoms. The molecule has 0 bridgehead atoms. The van der Waals surface area contributed by atoms with Gasteiger partial charge < -0.3 is 9.47 Å². The summed E-state index contributed by atoms with van der Waals surface area (Å²) in [7, 11) is 0. The molecule has 1 aromatic heterocycles. The molecule has 0 saturated carbocycles.